The number of benzene rings is 2. The van der Waals surface area contributed by atoms with Crippen LogP contribution < -0.4 is 4.74 Å². The van der Waals surface area contributed by atoms with Gasteiger partial charge in [-0.1, -0.05) is 69.7 Å². The highest BCUT2D eigenvalue weighted by atomic mass is 16.5. The Labute approximate surface area is 183 Å². The molecule has 1 atom stereocenters. The van der Waals surface area contributed by atoms with E-state index in [1.54, 1.807) is 0 Å². The normalized spacial score (nSPS) is 12.2. The third kappa shape index (κ3) is 8.22. The third-order valence-electron chi connectivity index (χ3n) is 5.43. The summed E-state index contributed by atoms with van der Waals surface area (Å²) in [4.78, 5) is 14.6. The topological polar surface area (TPSA) is 29.5 Å². The van der Waals surface area contributed by atoms with Crippen molar-refractivity contribution in [3.05, 3.63) is 65.7 Å². The molecule has 1 amide bonds. The highest BCUT2D eigenvalue weighted by molar-refractivity contribution is 5.75. The fourth-order valence-corrected chi connectivity index (χ4v) is 3.73. The molecule has 30 heavy (non-hydrogen) atoms. The number of hydrogen-bond donors (Lipinski definition) is 0. The SMILES string of the molecule is CCC(=O)N(CC[C@H](CCC(C)C)c1ccc(OC(C)C)cc1)Cc1ccccc1. The van der Waals surface area contributed by atoms with E-state index in [0.29, 0.717) is 24.8 Å². The van der Waals surface area contributed by atoms with Gasteiger partial charge in [0.25, 0.3) is 0 Å². The molecule has 0 heterocycles. The van der Waals surface area contributed by atoms with Crippen molar-refractivity contribution in [2.75, 3.05) is 6.54 Å². The van der Waals surface area contributed by atoms with Crippen molar-refractivity contribution in [2.24, 2.45) is 5.92 Å². The van der Waals surface area contributed by atoms with Crippen LogP contribution in [0.25, 0.3) is 0 Å². The standard InChI is InChI=1S/C27H39NO2/c1-6-27(29)28(20-23-10-8-7-9-11-23)19-18-25(13-12-21(2)3)24-14-16-26(17-15-24)30-22(4)5/h7-11,14-17,21-22,25H,6,12-13,18-20H2,1-5H3/t25-/m0/s1. The van der Waals surface area contributed by atoms with Crippen LogP contribution in [0.5, 0.6) is 5.75 Å². The lowest BCUT2D eigenvalue weighted by atomic mass is 9.88. The van der Waals surface area contributed by atoms with Gasteiger partial charge in [-0.2, -0.15) is 0 Å². The molecule has 3 heteroatoms. The van der Waals surface area contributed by atoms with Crippen LogP contribution in [-0.4, -0.2) is 23.5 Å². The van der Waals surface area contributed by atoms with Gasteiger partial charge < -0.3 is 9.64 Å². The smallest absolute Gasteiger partial charge is 0.222 e. The van der Waals surface area contributed by atoms with Gasteiger partial charge in [-0.25, -0.2) is 0 Å². The van der Waals surface area contributed by atoms with Crippen LogP contribution in [0.4, 0.5) is 0 Å². The van der Waals surface area contributed by atoms with Gasteiger partial charge >= 0.3 is 0 Å². The van der Waals surface area contributed by atoms with Crippen molar-refractivity contribution < 1.29 is 9.53 Å². The molecule has 0 saturated heterocycles. The summed E-state index contributed by atoms with van der Waals surface area (Å²) in [5.41, 5.74) is 2.53. The Kier molecular flexibility index (Phi) is 9.93. The van der Waals surface area contributed by atoms with E-state index in [2.05, 4.69) is 50.2 Å². The molecule has 3 nitrogen and oxygen atoms in total. The molecule has 0 fully saturated rings. The predicted molar refractivity (Wildman–Crippen MR) is 126 cm³/mol. The molecule has 0 bridgehead atoms. The molecule has 0 aromatic heterocycles. The maximum Gasteiger partial charge on any atom is 0.222 e. The molecule has 2 rings (SSSR count). The van der Waals surface area contributed by atoms with Crippen LogP contribution in [0.1, 0.15) is 77.3 Å². The highest BCUT2D eigenvalue weighted by Crippen LogP contribution is 2.29. The van der Waals surface area contributed by atoms with E-state index in [0.717, 1.165) is 25.1 Å². The van der Waals surface area contributed by atoms with E-state index in [1.807, 2.05) is 43.9 Å². The van der Waals surface area contributed by atoms with Crippen LogP contribution in [0.2, 0.25) is 0 Å². The Morgan fingerprint density at radius 3 is 2.13 bits per heavy atom. The number of carbonyl (C=O) groups is 1. The largest absolute Gasteiger partial charge is 0.491 e. The van der Waals surface area contributed by atoms with Crippen LogP contribution >= 0.6 is 0 Å². The highest BCUT2D eigenvalue weighted by Gasteiger charge is 2.18. The first-order valence-corrected chi connectivity index (χ1v) is 11.5. The summed E-state index contributed by atoms with van der Waals surface area (Å²) in [7, 11) is 0. The zero-order valence-electron chi connectivity index (χ0n) is 19.4. The van der Waals surface area contributed by atoms with Crippen molar-refractivity contribution in [1.29, 1.82) is 0 Å². The number of amides is 1. The Morgan fingerprint density at radius 1 is 0.900 bits per heavy atom. The van der Waals surface area contributed by atoms with Crippen molar-refractivity contribution >= 4 is 5.91 Å². The molecule has 2 aromatic rings. The molecule has 0 unspecified atom stereocenters. The molecular formula is C27H39NO2. The number of nitrogens with zero attached hydrogens (tertiary/aromatic N) is 1. The summed E-state index contributed by atoms with van der Waals surface area (Å²) in [5, 5.41) is 0. The quantitative estimate of drug-likeness (QED) is 0.385. The lowest BCUT2D eigenvalue weighted by Gasteiger charge is -2.26. The van der Waals surface area contributed by atoms with Crippen molar-refractivity contribution in [2.45, 2.75) is 78.9 Å². The fourth-order valence-electron chi connectivity index (χ4n) is 3.73. The van der Waals surface area contributed by atoms with Crippen molar-refractivity contribution in [1.82, 2.24) is 4.90 Å². The summed E-state index contributed by atoms with van der Waals surface area (Å²) < 4.78 is 5.80. The van der Waals surface area contributed by atoms with Gasteiger partial charge in [-0.05, 0) is 61.8 Å². The molecule has 0 aliphatic rings. The van der Waals surface area contributed by atoms with Gasteiger partial charge in [0.1, 0.15) is 5.75 Å². The van der Waals surface area contributed by atoms with Gasteiger partial charge in [0.05, 0.1) is 6.10 Å². The average Bonchev–Trinajstić information content (AvgIpc) is 2.73. The second-order valence-electron chi connectivity index (χ2n) is 8.85. The van der Waals surface area contributed by atoms with Crippen LogP contribution in [-0.2, 0) is 11.3 Å². The number of ether oxygens (including phenoxy) is 1. The summed E-state index contributed by atoms with van der Waals surface area (Å²) in [6.07, 6.45) is 4.04. The van der Waals surface area contributed by atoms with Gasteiger partial charge in [0.15, 0.2) is 0 Å². The Bertz CT molecular complexity index is 737. The summed E-state index contributed by atoms with van der Waals surface area (Å²) in [6, 6.07) is 18.8. The summed E-state index contributed by atoms with van der Waals surface area (Å²) in [6.45, 7) is 12.1. The Balaban J connectivity index is 2.10. The molecule has 164 valence electrons. The van der Waals surface area contributed by atoms with E-state index in [1.165, 1.54) is 17.5 Å². The maximum atomic E-state index is 12.6. The first-order chi connectivity index (χ1) is 14.4. The lowest BCUT2D eigenvalue weighted by Crippen LogP contribution is -2.31. The van der Waals surface area contributed by atoms with E-state index in [-0.39, 0.29) is 12.0 Å². The second-order valence-corrected chi connectivity index (χ2v) is 8.85. The molecule has 0 saturated carbocycles. The first kappa shape index (κ1) is 24.0. The Hall–Kier alpha value is -2.29. The minimum Gasteiger partial charge on any atom is -0.491 e. The minimum atomic E-state index is 0.180. The van der Waals surface area contributed by atoms with Crippen molar-refractivity contribution in [3.8, 4) is 5.75 Å². The molecular weight excluding hydrogens is 370 g/mol. The zero-order chi connectivity index (χ0) is 21.9. The van der Waals surface area contributed by atoms with Gasteiger partial charge in [-0.15, -0.1) is 0 Å². The van der Waals surface area contributed by atoms with Crippen LogP contribution in [0.3, 0.4) is 0 Å². The maximum absolute atomic E-state index is 12.6. The van der Waals surface area contributed by atoms with E-state index >= 15 is 0 Å². The summed E-state index contributed by atoms with van der Waals surface area (Å²) >= 11 is 0. The van der Waals surface area contributed by atoms with E-state index < -0.39 is 0 Å². The number of rotatable bonds is 12. The number of hydrogen-bond acceptors (Lipinski definition) is 2. The van der Waals surface area contributed by atoms with Gasteiger partial charge in [0.2, 0.25) is 5.91 Å². The first-order valence-electron chi connectivity index (χ1n) is 11.5. The average molecular weight is 410 g/mol. The van der Waals surface area contributed by atoms with Crippen LogP contribution in [0, 0.1) is 5.92 Å². The lowest BCUT2D eigenvalue weighted by molar-refractivity contribution is -0.131. The van der Waals surface area contributed by atoms with E-state index in [9.17, 15) is 4.79 Å². The number of carbonyl (C=O) groups excluding carboxylic acids is 1. The molecule has 0 radical (unpaired) electrons. The molecule has 2 aromatic carbocycles. The molecule has 0 aliphatic carbocycles. The monoisotopic (exact) mass is 409 g/mol. The van der Waals surface area contributed by atoms with Gasteiger partial charge in [0, 0.05) is 19.5 Å². The van der Waals surface area contributed by atoms with Crippen molar-refractivity contribution in [3.63, 3.8) is 0 Å². The van der Waals surface area contributed by atoms with Gasteiger partial charge in [-0.3, -0.25) is 4.79 Å². The minimum absolute atomic E-state index is 0.180. The Morgan fingerprint density at radius 2 is 1.57 bits per heavy atom. The zero-order valence-corrected chi connectivity index (χ0v) is 19.4. The second kappa shape index (κ2) is 12.4. The molecule has 0 spiro atoms. The summed E-state index contributed by atoms with van der Waals surface area (Å²) in [5.74, 6) is 2.27. The molecule has 0 aliphatic heterocycles. The predicted octanol–water partition coefficient (Wildman–Crippen LogP) is 6.82. The van der Waals surface area contributed by atoms with Crippen LogP contribution in [0.15, 0.2) is 54.6 Å². The molecule has 0 N–H and O–H groups in total. The fraction of sp³-hybridized carbons (Fsp3) is 0.519. The van der Waals surface area contributed by atoms with E-state index in [4.69, 9.17) is 4.74 Å². The third-order valence-corrected chi connectivity index (χ3v) is 5.43.